The molecular formula is C13H18N4O2S2. The zero-order valence-corrected chi connectivity index (χ0v) is 13.4. The lowest BCUT2D eigenvalue weighted by Gasteiger charge is -2.31. The number of rotatable bonds is 3. The van der Waals surface area contributed by atoms with E-state index in [-0.39, 0.29) is 6.04 Å². The Hall–Kier alpha value is -1.38. The zero-order chi connectivity index (χ0) is 15.0. The van der Waals surface area contributed by atoms with Crippen LogP contribution < -0.4 is 10.5 Å². The van der Waals surface area contributed by atoms with Gasteiger partial charge in [0.15, 0.2) is 5.13 Å². The van der Waals surface area contributed by atoms with Gasteiger partial charge in [-0.15, -0.1) is 0 Å². The first-order valence-corrected chi connectivity index (χ1v) is 9.17. The molecule has 0 radical (unpaired) electrons. The Morgan fingerprint density at radius 3 is 3.00 bits per heavy atom. The third-order valence-corrected chi connectivity index (χ3v) is 6.35. The molecule has 1 aromatic carbocycles. The van der Waals surface area contributed by atoms with Crippen LogP contribution in [0.15, 0.2) is 18.2 Å². The fourth-order valence-corrected chi connectivity index (χ4v) is 5.16. The first-order chi connectivity index (χ1) is 9.95. The third-order valence-electron chi connectivity index (χ3n) is 3.68. The van der Waals surface area contributed by atoms with Crippen LogP contribution in [0.2, 0.25) is 0 Å². The molecule has 1 aliphatic rings. The number of fused-ring (bicyclic) bond motifs is 1. The molecule has 1 unspecified atom stereocenters. The first-order valence-electron chi connectivity index (χ1n) is 6.91. The number of aromatic nitrogens is 1. The number of thiazole rings is 1. The van der Waals surface area contributed by atoms with Crippen LogP contribution in [0.3, 0.4) is 0 Å². The van der Waals surface area contributed by atoms with Crippen molar-refractivity contribution in [3.63, 3.8) is 0 Å². The molecule has 0 amide bonds. The summed E-state index contributed by atoms with van der Waals surface area (Å²) < 4.78 is 29.9. The molecule has 0 bridgehead atoms. The number of nitrogens with one attached hydrogen (secondary N) is 1. The number of nitrogens with two attached hydrogens (primary N) is 1. The van der Waals surface area contributed by atoms with Crippen molar-refractivity contribution in [3.8, 4) is 0 Å². The molecule has 1 saturated heterocycles. The maximum Gasteiger partial charge on any atom is 0.303 e. The van der Waals surface area contributed by atoms with Crippen LogP contribution in [-0.2, 0) is 10.2 Å². The second-order valence-corrected chi connectivity index (χ2v) is 7.96. The zero-order valence-electron chi connectivity index (χ0n) is 11.7. The smallest absolute Gasteiger partial charge is 0.303 e. The van der Waals surface area contributed by atoms with Gasteiger partial charge in [0, 0.05) is 18.3 Å². The molecule has 2 aromatic rings. The van der Waals surface area contributed by atoms with E-state index in [1.54, 1.807) is 18.2 Å². The Morgan fingerprint density at radius 2 is 2.24 bits per heavy atom. The van der Waals surface area contributed by atoms with E-state index in [9.17, 15) is 8.42 Å². The van der Waals surface area contributed by atoms with Gasteiger partial charge in [-0.05, 0) is 38.0 Å². The summed E-state index contributed by atoms with van der Waals surface area (Å²) >= 11 is 1.30. The summed E-state index contributed by atoms with van der Waals surface area (Å²) in [6, 6.07) is 5.38. The van der Waals surface area contributed by atoms with Crippen molar-refractivity contribution in [3.05, 3.63) is 18.2 Å². The number of piperidine rings is 1. The molecule has 21 heavy (non-hydrogen) atoms. The average Bonchev–Trinajstić information content (AvgIpc) is 2.79. The van der Waals surface area contributed by atoms with Gasteiger partial charge in [-0.25, -0.2) is 9.71 Å². The Morgan fingerprint density at radius 1 is 1.43 bits per heavy atom. The monoisotopic (exact) mass is 326 g/mol. The van der Waals surface area contributed by atoms with E-state index in [1.807, 2.05) is 6.92 Å². The number of hydrogen-bond donors (Lipinski definition) is 2. The molecule has 0 spiro atoms. The molecule has 3 rings (SSSR count). The van der Waals surface area contributed by atoms with Crippen molar-refractivity contribution < 1.29 is 8.42 Å². The average molecular weight is 326 g/mol. The lowest BCUT2D eigenvalue weighted by Crippen LogP contribution is -2.44. The van der Waals surface area contributed by atoms with E-state index in [0.29, 0.717) is 17.4 Å². The Labute approximate surface area is 128 Å². The topological polar surface area (TPSA) is 88.3 Å². The van der Waals surface area contributed by atoms with Gasteiger partial charge in [0.1, 0.15) is 0 Å². The van der Waals surface area contributed by atoms with Gasteiger partial charge in [-0.2, -0.15) is 12.7 Å². The highest BCUT2D eigenvalue weighted by Crippen LogP contribution is 2.29. The van der Waals surface area contributed by atoms with Crippen molar-refractivity contribution in [1.82, 2.24) is 9.29 Å². The summed E-state index contributed by atoms with van der Waals surface area (Å²) in [5, 5.41) is 0.383. The number of hydrogen-bond acceptors (Lipinski definition) is 5. The third kappa shape index (κ3) is 2.97. The predicted molar refractivity (Wildman–Crippen MR) is 86.6 cm³/mol. The van der Waals surface area contributed by atoms with Crippen LogP contribution in [0, 0.1) is 0 Å². The Bertz CT molecular complexity index is 757. The van der Waals surface area contributed by atoms with Gasteiger partial charge < -0.3 is 5.73 Å². The highest BCUT2D eigenvalue weighted by molar-refractivity contribution is 7.90. The van der Waals surface area contributed by atoms with Crippen molar-refractivity contribution in [2.45, 2.75) is 32.2 Å². The summed E-state index contributed by atoms with van der Waals surface area (Å²) in [6.07, 6.45) is 2.88. The second-order valence-electron chi connectivity index (χ2n) is 5.31. The highest BCUT2D eigenvalue weighted by atomic mass is 32.2. The van der Waals surface area contributed by atoms with Crippen LogP contribution in [0.25, 0.3) is 10.2 Å². The van der Waals surface area contributed by atoms with E-state index in [0.717, 1.165) is 29.5 Å². The summed E-state index contributed by atoms with van der Waals surface area (Å²) in [7, 11) is -3.54. The van der Waals surface area contributed by atoms with E-state index in [4.69, 9.17) is 5.73 Å². The molecule has 114 valence electrons. The van der Waals surface area contributed by atoms with Crippen LogP contribution >= 0.6 is 11.3 Å². The standard InChI is InChI=1S/C13H18N4O2S2/c1-9-4-2-3-7-17(9)21(18,19)16-13-15-11-6-5-10(14)8-12(11)20-13/h5-6,8-9H,2-4,7,14H2,1H3,(H,15,16). The molecule has 1 aromatic heterocycles. The molecular weight excluding hydrogens is 308 g/mol. The Balaban J connectivity index is 1.86. The quantitative estimate of drug-likeness (QED) is 0.848. The molecule has 0 aliphatic carbocycles. The molecule has 2 heterocycles. The number of nitrogens with zero attached hydrogens (tertiary/aromatic N) is 2. The van der Waals surface area contributed by atoms with E-state index in [1.165, 1.54) is 15.6 Å². The van der Waals surface area contributed by atoms with Gasteiger partial charge in [0.05, 0.1) is 10.2 Å². The predicted octanol–water partition coefficient (Wildman–Crippen LogP) is 2.41. The SMILES string of the molecule is CC1CCCCN1S(=O)(=O)Nc1nc2ccc(N)cc2s1. The van der Waals surface area contributed by atoms with Crippen LogP contribution in [0.4, 0.5) is 10.8 Å². The van der Waals surface area contributed by atoms with E-state index >= 15 is 0 Å². The molecule has 1 atom stereocenters. The summed E-state index contributed by atoms with van der Waals surface area (Å²) in [6.45, 7) is 2.51. The fourth-order valence-electron chi connectivity index (χ4n) is 2.58. The van der Waals surface area contributed by atoms with Gasteiger partial charge in [0.2, 0.25) is 0 Å². The Kier molecular flexibility index (Phi) is 3.76. The molecule has 1 aliphatic heterocycles. The summed E-state index contributed by atoms with van der Waals surface area (Å²) in [4.78, 5) is 4.30. The minimum Gasteiger partial charge on any atom is -0.399 e. The van der Waals surface area contributed by atoms with E-state index in [2.05, 4.69) is 9.71 Å². The molecule has 1 fully saturated rings. The minimum absolute atomic E-state index is 0.0290. The fraction of sp³-hybridized carbons (Fsp3) is 0.462. The number of anilines is 2. The minimum atomic E-state index is -3.54. The summed E-state index contributed by atoms with van der Waals surface area (Å²) in [5.41, 5.74) is 7.12. The molecule has 3 N–H and O–H groups in total. The largest absolute Gasteiger partial charge is 0.399 e. The van der Waals surface area contributed by atoms with Gasteiger partial charge >= 0.3 is 10.2 Å². The van der Waals surface area contributed by atoms with Crippen LogP contribution in [-0.4, -0.2) is 30.3 Å². The van der Waals surface area contributed by atoms with Gasteiger partial charge in [-0.1, -0.05) is 17.8 Å². The van der Waals surface area contributed by atoms with Crippen molar-refractivity contribution in [1.29, 1.82) is 0 Å². The molecule has 6 nitrogen and oxygen atoms in total. The normalized spacial score (nSPS) is 20.7. The number of benzene rings is 1. The van der Waals surface area contributed by atoms with Crippen molar-refractivity contribution in [2.24, 2.45) is 0 Å². The van der Waals surface area contributed by atoms with Crippen molar-refractivity contribution in [2.75, 3.05) is 17.0 Å². The van der Waals surface area contributed by atoms with Crippen molar-refractivity contribution >= 4 is 42.6 Å². The molecule has 0 saturated carbocycles. The van der Waals surface area contributed by atoms with E-state index < -0.39 is 10.2 Å². The molecule has 8 heteroatoms. The first kappa shape index (κ1) is 14.6. The highest BCUT2D eigenvalue weighted by Gasteiger charge is 2.30. The van der Waals surface area contributed by atoms with Gasteiger partial charge in [-0.3, -0.25) is 0 Å². The van der Waals surface area contributed by atoms with Gasteiger partial charge in [0.25, 0.3) is 0 Å². The lowest BCUT2D eigenvalue weighted by atomic mass is 10.1. The maximum atomic E-state index is 12.5. The summed E-state index contributed by atoms with van der Waals surface area (Å²) in [5.74, 6) is 0. The van der Waals surface area contributed by atoms with Crippen LogP contribution in [0.5, 0.6) is 0 Å². The second kappa shape index (κ2) is 5.43. The number of nitrogen functional groups attached to an aromatic ring is 1. The maximum absolute atomic E-state index is 12.5. The lowest BCUT2D eigenvalue weighted by molar-refractivity contribution is 0.270. The van der Waals surface area contributed by atoms with Crippen LogP contribution in [0.1, 0.15) is 26.2 Å².